The summed E-state index contributed by atoms with van der Waals surface area (Å²) in [6, 6.07) is 5.38. The minimum atomic E-state index is 0.351. The molecule has 0 radical (unpaired) electrons. The van der Waals surface area contributed by atoms with Crippen LogP contribution in [0.25, 0.3) is 0 Å². The Labute approximate surface area is 131 Å². The average molecular weight is 330 g/mol. The van der Waals surface area contributed by atoms with E-state index in [4.69, 9.17) is 39.5 Å². The summed E-state index contributed by atoms with van der Waals surface area (Å²) in [5, 5.41) is 9.17. The molecule has 0 N–H and O–H groups in total. The zero-order valence-corrected chi connectivity index (χ0v) is 12.9. The highest BCUT2D eigenvalue weighted by Gasteiger charge is 2.27. The van der Waals surface area contributed by atoms with Crippen LogP contribution in [0.15, 0.2) is 18.2 Å². The van der Waals surface area contributed by atoms with Gasteiger partial charge in [-0.1, -0.05) is 34.8 Å². The van der Waals surface area contributed by atoms with E-state index in [-0.39, 0.29) is 0 Å². The first kappa shape index (κ1) is 13.9. The molecule has 1 saturated carbocycles. The van der Waals surface area contributed by atoms with Crippen LogP contribution in [0.3, 0.4) is 0 Å². The number of hydrogen-bond acceptors (Lipinski definition) is 3. The van der Waals surface area contributed by atoms with E-state index < -0.39 is 0 Å². The van der Waals surface area contributed by atoms with Crippen LogP contribution in [0.2, 0.25) is 15.2 Å². The van der Waals surface area contributed by atoms with Crippen LogP contribution in [0.5, 0.6) is 11.6 Å². The van der Waals surface area contributed by atoms with Crippen LogP contribution in [0, 0.1) is 6.92 Å². The highest BCUT2D eigenvalue weighted by Crippen LogP contribution is 2.44. The van der Waals surface area contributed by atoms with Gasteiger partial charge in [-0.25, -0.2) is 0 Å². The summed E-state index contributed by atoms with van der Waals surface area (Å²) in [7, 11) is 0. The summed E-state index contributed by atoms with van der Waals surface area (Å²) >= 11 is 18.3. The van der Waals surface area contributed by atoms with E-state index in [2.05, 4.69) is 10.2 Å². The zero-order chi connectivity index (χ0) is 14.3. The van der Waals surface area contributed by atoms with Crippen molar-refractivity contribution < 1.29 is 4.74 Å². The zero-order valence-electron chi connectivity index (χ0n) is 10.7. The second kappa shape index (κ2) is 5.40. The number of benzene rings is 1. The third-order valence-electron chi connectivity index (χ3n) is 3.12. The lowest BCUT2D eigenvalue weighted by atomic mass is 10.2. The molecule has 1 aliphatic rings. The van der Waals surface area contributed by atoms with Crippen molar-refractivity contribution >= 4 is 34.8 Å². The van der Waals surface area contributed by atoms with Gasteiger partial charge in [-0.05, 0) is 48.9 Å². The summed E-state index contributed by atoms with van der Waals surface area (Å²) in [5.41, 5.74) is 1.93. The van der Waals surface area contributed by atoms with E-state index in [1.807, 2.05) is 6.92 Å². The Morgan fingerprint density at radius 2 is 1.70 bits per heavy atom. The van der Waals surface area contributed by atoms with E-state index in [9.17, 15) is 0 Å². The molecule has 20 heavy (non-hydrogen) atoms. The van der Waals surface area contributed by atoms with Gasteiger partial charge in [-0.15, -0.1) is 10.2 Å². The van der Waals surface area contributed by atoms with Gasteiger partial charge in [-0.3, -0.25) is 0 Å². The number of ether oxygens (including phenoxy) is 1. The minimum absolute atomic E-state index is 0.351. The van der Waals surface area contributed by atoms with Gasteiger partial charge in [-0.2, -0.15) is 0 Å². The van der Waals surface area contributed by atoms with Crippen LogP contribution < -0.4 is 4.74 Å². The smallest absolute Gasteiger partial charge is 0.239 e. The molecule has 2 aromatic rings. The number of halogens is 3. The summed E-state index contributed by atoms with van der Waals surface area (Å²) in [6.45, 7) is 1.91. The third kappa shape index (κ3) is 2.85. The van der Waals surface area contributed by atoms with Crippen LogP contribution in [0.4, 0.5) is 0 Å². The molecule has 0 spiro atoms. The molecule has 0 atom stereocenters. The van der Waals surface area contributed by atoms with E-state index in [1.165, 1.54) is 0 Å². The molecule has 6 heteroatoms. The molecule has 1 fully saturated rings. The van der Waals surface area contributed by atoms with Gasteiger partial charge in [0.05, 0.1) is 10.0 Å². The molecular weight excluding hydrogens is 319 g/mol. The van der Waals surface area contributed by atoms with Crippen molar-refractivity contribution in [3.05, 3.63) is 44.5 Å². The lowest BCUT2D eigenvalue weighted by Gasteiger charge is -2.10. The van der Waals surface area contributed by atoms with Gasteiger partial charge in [0.2, 0.25) is 5.88 Å². The Morgan fingerprint density at radius 3 is 2.30 bits per heavy atom. The van der Waals surface area contributed by atoms with Crippen molar-refractivity contribution in [3.63, 3.8) is 0 Å². The Hall–Kier alpha value is -1.03. The SMILES string of the molecule is Cc1cc(Cl)c(Oc2cc(C3CC3)c(Cl)nn2)c(Cl)c1. The largest absolute Gasteiger partial charge is 0.434 e. The predicted molar refractivity (Wildman–Crippen MR) is 80.3 cm³/mol. The van der Waals surface area contributed by atoms with Crippen LogP contribution in [-0.4, -0.2) is 10.2 Å². The van der Waals surface area contributed by atoms with Gasteiger partial charge in [0.15, 0.2) is 10.9 Å². The van der Waals surface area contributed by atoms with E-state index >= 15 is 0 Å². The number of hydrogen-bond donors (Lipinski definition) is 0. The van der Waals surface area contributed by atoms with Crippen molar-refractivity contribution in [2.45, 2.75) is 25.7 Å². The third-order valence-corrected chi connectivity index (χ3v) is 3.98. The number of aryl methyl sites for hydroxylation is 1. The molecule has 1 aromatic heterocycles. The minimum Gasteiger partial charge on any atom is -0.434 e. The Balaban J connectivity index is 1.93. The second-order valence-corrected chi connectivity index (χ2v) is 6.04. The highest BCUT2D eigenvalue weighted by atomic mass is 35.5. The van der Waals surface area contributed by atoms with E-state index in [1.54, 1.807) is 18.2 Å². The van der Waals surface area contributed by atoms with Crippen LogP contribution in [-0.2, 0) is 0 Å². The number of aromatic nitrogens is 2. The average Bonchev–Trinajstić information content (AvgIpc) is 3.19. The van der Waals surface area contributed by atoms with Gasteiger partial charge in [0.1, 0.15) is 0 Å². The van der Waals surface area contributed by atoms with Crippen LogP contribution >= 0.6 is 34.8 Å². The Morgan fingerprint density at radius 1 is 1.05 bits per heavy atom. The molecule has 0 bridgehead atoms. The monoisotopic (exact) mass is 328 g/mol. The molecule has 1 heterocycles. The molecule has 3 nitrogen and oxygen atoms in total. The first-order chi connectivity index (χ1) is 9.54. The standard InChI is InChI=1S/C14H11Cl3N2O/c1-7-4-10(15)13(11(16)5-7)20-12-6-9(8-2-3-8)14(17)19-18-12/h4-6,8H,2-3H2,1H3. The number of nitrogens with zero attached hydrogens (tertiary/aromatic N) is 2. The number of rotatable bonds is 3. The van der Waals surface area contributed by atoms with E-state index in [0.717, 1.165) is 24.0 Å². The molecule has 3 rings (SSSR count). The maximum absolute atomic E-state index is 6.15. The molecule has 0 unspecified atom stereocenters. The fraction of sp³-hybridized carbons (Fsp3) is 0.286. The molecule has 0 aliphatic heterocycles. The van der Waals surface area contributed by atoms with Gasteiger partial charge in [0.25, 0.3) is 0 Å². The summed E-state index contributed by atoms with van der Waals surface area (Å²) < 4.78 is 5.67. The molecule has 0 amide bonds. The van der Waals surface area contributed by atoms with Gasteiger partial charge >= 0.3 is 0 Å². The molecule has 1 aliphatic carbocycles. The maximum Gasteiger partial charge on any atom is 0.239 e. The fourth-order valence-corrected chi connectivity index (χ4v) is 2.91. The quantitative estimate of drug-likeness (QED) is 0.754. The summed E-state index contributed by atoms with van der Waals surface area (Å²) in [4.78, 5) is 0. The Kier molecular flexibility index (Phi) is 3.76. The molecule has 104 valence electrons. The molecule has 0 saturated heterocycles. The first-order valence-electron chi connectivity index (χ1n) is 6.21. The van der Waals surface area contributed by atoms with Gasteiger partial charge in [0, 0.05) is 6.07 Å². The lowest BCUT2D eigenvalue weighted by molar-refractivity contribution is 0.454. The molecular formula is C14H11Cl3N2O. The van der Waals surface area contributed by atoms with Crippen molar-refractivity contribution in [1.29, 1.82) is 0 Å². The van der Waals surface area contributed by atoms with Crippen molar-refractivity contribution in [2.75, 3.05) is 0 Å². The van der Waals surface area contributed by atoms with Crippen LogP contribution in [0.1, 0.15) is 29.9 Å². The lowest BCUT2D eigenvalue weighted by Crippen LogP contribution is -1.96. The van der Waals surface area contributed by atoms with Crippen molar-refractivity contribution in [3.8, 4) is 11.6 Å². The topological polar surface area (TPSA) is 35.0 Å². The Bertz CT molecular complexity index is 648. The van der Waals surface area contributed by atoms with Gasteiger partial charge < -0.3 is 4.74 Å². The van der Waals surface area contributed by atoms with E-state index in [0.29, 0.717) is 32.7 Å². The fourth-order valence-electron chi connectivity index (χ4n) is 1.99. The summed E-state index contributed by atoms with van der Waals surface area (Å²) in [5.74, 6) is 1.20. The first-order valence-corrected chi connectivity index (χ1v) is 7.34. The summed E-state index contributed by atoms with van der Waals surface area (Å²) in [6.07, 6.45) is 2.24. The second-order valence-electron chi connectivity index (χ2n) is 4.86. The van der Waals surface area contributed by atoms with Crippen molar-refractivity contribution in [2.24, 2.45) is 0 Å². The predicted octanol–water partition coefficient (Wildman–Crippen LogP) is 5.41. The molecule has 1 aromatic carbocycles. The maximum atomic E-state index is 6.15. The normalized spacial score (nSPS) is 14.4. The highest BCUT2D eigenvalue weighted by molar-refractivity contribution is 6.37. The van der Waals surface area contributed by atoms with Crippen molar-refractivity contribution in [1.82, 2.24) is 10.2 Å².